The van der Waals surface area contributed by atoms with Crippen molar-refractivity contribution in [2.75, 3.05) is 6.54 Å². The minimum absolute atomic E-state index is 0.0808. The van der Waals surface area contributed by atoms with Gasteiger partial charge in [-0.25, -0.2) is 9.37 Å². The SMILES string of the molecule is Cc1cccc(-c2nnc(CC3CCCCN3C(=O)c3n[nH]cc3-c3ccc(F)cc3)o2)n1. The number of aryl methyl sites for hydroxylation is 1. The first-order chi connectivity index (χ1) is 16.1. The van der Waals surface area contributed by atoms with Crippen LogP contribution in [0.15, 0.2) is 53.1 Å². The van der Waals surface area contributed by atoms with Crippen LogP contribution < -0.4 is 0 Å². The Kier molecular flexibility index (Phi) is 5.68. The average Bonchev–Trinajstić information content (AvgIpc) is 3.50. The minimum atomic E-state index is -0.328. The lowest BCUT2D eigenvalue weighted by molar-refractivity contribution is 0.0600. The number of piperidine rings is 1. The fraction of sp³-hybridized carbons (Fsp3) is 0.292. The normalized spacial score (nSPS) is 16.2. The van der Waals surface area contributed by atoms with Crippen LogP contribution >= 0.6 is 0 Å². The number of nitrogens with zero attached hydrogens (tertiary/aromatic N) is 5. The van der Waals surface area contributed by atoms with E-state index in [-0.39, 0.29) is 17.8 Å². The van der Waals surface area contributed by atoms with Crippen LogP contribution in [0.4, 0.5) is 4.39 Å². The molecule has 1 N–H and O–H groups in total. The largest absolute Gasteiger partial charge is 0.419 e. The van der Waals surface area contributed by atoms with Gasteiger partial charge < -0.3 is 9.32 Å². The van der Waals surface area contributed by atoms with Gasteiger partial charge in [0.15, 0.2) is 5.69 Å². The number of H-pyrrole nitrogens is 1. The number of rotatable bonds is 5. The van der Waals surface area contributed by atoms with Crippen LogP contribution in [-0.2, 0) is 6.42 Å². The summed E-state index contributed by atoms with van der Waals surface area (Å²) >= 11 is 0. The molecule has 1 unspecified atom stereocenters. The Labute approximate surface area is 189 Å². The van der Waals surface area contributed by atoms with Crippen LogP contribution in [0.1, 0.15) is 41.3 Å². The molecular formula is C24H23FN6O2. The molecule has 0 bridgehead atoms. The number of carbonyl (C=O) groups is 1. The van der Waals surface area contributed by atoms with Gasteiger partial charge in [-0.1, -0.05) is 18.2 Å². The third-order valence-electron chi connectivity index (χ3n) is 5.87. The van der Waals surface area contributed by atoms with E-state index in [4.69, 9.17) is 4.42 Å². The quantitative estimate of drug-likeness (QED) is 0.493. The summed E-state index contributed by atoms with van der Waals surface area (Å²) < 4.78 is 19.2. The number of hydrogen-bond donors (Lipinski definition) is 1. The van der Waals surface area contributed by atoms with Crippen molar-refractivity contribution in [2.45, 2.75) is 38.6 Å². The van der Waals surface area contributed by atoms with Crippen molar-refractivity contribution < 1.29 is 13.6 Å². The number of amides is 1. The Morgan fingerprint density at radius 2 is 2.03 bits per heavy atom. The maximum absolute atomic E-state index is 13.5. The molecule has 4 aromatic rings. The number of pyridine rings is 1. The number of hydrogen-bond acceptors (Lipinski definition) is 6. The second kappa shape index (κ2) is 8.93. The number of halogens is 1. The summed E-state index contributed by atoms with van der Waals surface area (Å²) in [5.74, 6) is 0.346. The first-order valence-corrected chi connectivity index (χ1v) is 11.0. The van der Waals surface area contributed by atoms with Gasteiger partial charge in [0.05, 0.1) is 0 Å². The molecule has 0 spiro atoms. The molecule has 5 rings (SSSR count). The Bertz CT molecular complexity index is 1270. The van der Waals surface area contributed by atoms with Gasteiger partial charge in [0, 0.05) is 36.5 Å². The molecule has 9 heteroatoms. The molecule has 0 aliphatic carbocycles. The third kappa shape index (κ3) is 4.39. The molecule has 1 aliphatic rings. The van der Waals surface area contributed by atoms with E-state index < -0.39 is 0 Å². The predicted molar refractivity (Wildman–Crippen MR) is 119 cm³/mol. The molecule has 168 valence electrons. The molecular weight excluding hydrogens is 423 g/mol. The number of aromatic nitrogens is 5. The zero-order valence-corrected chi connectivity index (χ0v) is 18.2. The van der Waals surface area contributed by atoms with E-state index in [9.17, 15) is 9.18 Å². The first-order valence-electron chi connectivity index (χ1n) is 11.0. The summed E-state index contributed by atoms with van der Waals surface area (Å²) in [6.07, 6.45) is 4.89. The molecule has 8 nitrogen and oxygen atoms in total. The van der Waals surface area contributed by atoms with E-state index >= 15 is 0 Å². The van der Waals surface area contributed by atoms with Crippen molar-refractivity contribution >= 4 is 5.91 Å². The van der Waals surface area contributed by atoms with Crippen LogP contribution in [0.3, 0.4) is 0 Å². The van der Waals surface area contributed by atoms with Gasteiger partial charge in [-0.15, -0.1) is 10.2 Å². The van der Waals surface area contributed by atoms with Crippen LogP contribution in [0.25, 0.3) is 22.7 Å². The van der Waals surface area contributed by atoms with Gasteiger partial charge in [0.1, 0.15) is 11.5 Å². The van der Waals surface area contributed by atoms with Crippen molar-refractivity contribution in [1.82, 2.24) is 30.3 Å². The van der Waals surface area contributed by atoms with E-state index in [1.54, 1.807) is 18.3 Å². The van der Waals surface area contributed by atoms with E-state index in [0.29, 0.717) is 41.7 Å². The maximum Gasteiger partial charge on any atom is 0.275 e. The zero-order valence-electron chi connectivity index (χ0n) is 18.2. The zero-order chi connectivity index (χ0) is 22.8. The van der Waals surface area contributed by atoms with Gasteiger partial charge in [0.25, 0.3) is 11.8 Å². The fourth-order valence-electron chi connectivity index (χ4n) is 4.22. The van der Waals surface area contributed by atoms with Gasteiger partial charge in [-0.3, -0.25) is 9.89 Å². The van der Waals surface area contributed by atoms with Crippen LogP contribution in [0, 0.1) is 12.7 Å². The Hall–Kier alpha value is -3.88. The number of carbonyl (C=O) groups excluding carboxylic acids is 1. The molecule has 33 heavy (non-hydrogen) atoms. The Morgan fingerprint density at radius 3 is 2.85 bits per heavy atom. The Morgan fingerprint density at radius 1 is 1.18 bits per heavy atom. The summed E-state index contributed by atoms with van der Waals surface area (Å²) in [7, 11) is 0. The molecule has 1 fully saturated rings. The lowest BCUT2D eigenvalue weighted by atomic mass is 9.97. The highest BCUT2D eigenvalue weighted by molar-refractivity contribution is 5.99. The third-order valence-corrected chi connectivity index (χ3v) is 5.87. The molecule has 1 atom stereocenters. The average molecular weight is 446 g/mol. The fourth-order valence-corrected chi connectivity index (χ4v) is 4.22. The molecule has 1 aliphatic heterocycles. The molecule has 1 amide bonds. The van der Waals surface area contributed by atoms with E-state index in [0.717, 1.165) is 30.5 Å². The number of nitrogens with one attached hydrogen (secondary N) is 1. The number of benzene rings is 1. The summed E-state index contributed by atoms with van der Waals surface area (Å²) in [5, 5.41) is 15.3. The minimum Gasteiger partial charge on any atom is -0.419 e. The molecule has 1 aromatic carbocycles. The van der Waals surface area contributed by atoms with Crippen molar-refractivity contribution in [2.24, 2.45) is 0 Å². The Balaban J connectivity index is 1.36. The first kappa shape index (κ1) is 21.0. The molecule has 3 aromatic heterocycles. The monoisotopic (exact) mass is 446 g/mol. The molecule has 4 heterocycles. The molecule has 0 radical (unpaired) electrons. The standard InChI is InChI=1S/C24H23FN6O2/c1-15-5-4-7-20(27-15)23-30-28-21(33-23)13-18-6-2-3-12-31(18)24(32)22-19(14-26-29-22)16-8-10-17(25)11-9-16/h4-5,7-11,14,18H,2-3,6,12-13H2,1H3,(H,26,29). The van der Waals surface area contributed by atoms with Gasteiger partial charge >= 0.3 is 0 Å². The van der Waals surface area contributed by atoms with Crippen LogP contribution in [0.5, 0.6) is 0 Å². The highest BCUT2D eigenvalue weighted by Crippen LogP contribution is 2.28. The highest BCUT2D eigenvalue weighted by atomic mass is 19.1. The number of aromatic amines is 1. The van der Waals surface area contributed by atoms with Gasteiger partial charge in [-0.2, -0.15) is 5.10 Å². The van der Waals surface area contributed by atoms with E-state index in [2.05, 4.69) is 25.4 Å². The lowest BCUT2D eigenvalue weighted by Crippen LogP contribution is -2.45. The smallest absolute Gasteiger partial charge is 0.275 e. The number of likely N-dealkylation sites (tertiary alicyclic amines) is 1. The molecule has 0 saturated carbocycles. The maximum atomic E-state index is 13.5. The summed E-state index contributed by atoms with van der Waals surface area (Å²) in [4.78, 5) is 19.7. The highest BCUT2D eigenvalue weighted by Gasteiger charge is 2.31. The topological polar surface area (TPSA) is 101 Å². The second-order valence-corrected chi connectivity index (χ2v) is 8.17. The van der Waals surface area contributed by atoms with Gasteiger partial charge in [0.2, 0.25) is 5.89 Å². The van der Waals surface area contributed by atoms with E-state index in [1.807, 2.05) is 30.0 Å². The van der Waals surface area contributed by atoms with E-state index in [1.165, 1.54) is 12.1 Å². The van der Waals surface area contributed by atoms with Gasteiger partial charge in [-0.05, 0) is 56.0 Å². The summed E-state index contributed by atoms with van der Waals surface area (Å²) in [6, 6.07) is 11.6. The second-order valence-electron chi connectivity index (χ2n) is 8.17. The van der Waals surface area contributed by atoms with Crippen molar-refractivity contribution in [3.8, 4) is 22.7 Å². The predicted octanol–water partition coefficient (Wildman–Crippen LogP) is 4.21. The summed E-state index contributed by atoms with van der Waals surface area (Å²) in [6.45, 7) is 2.53. The lowest BCUT2D eigenvalue weighted by Gasteiger charge is -2.34. The molecule has 1 saturated heterocycles. The van der Waals surface area contributed by atoms with Crippen molar-refractivity contribution in [1.29, 1.82) is 0 Å². The van der Waals surface area contributed by atoms with Crippen molar-refractivity contribution in [3.05, 3.63) is 71.8 Å². The summed E-state index contributed by atoms with van der Waals surface area (Å²) in [5.41, 5.74) is 3.20. The van der Waals surface area contributed by atoms with Crippen molar-refractivity contribution in [3.63, 3.8) is 0 Å². The van der Waals surface area contributed by atoms with Crippen LogP contribution in [0.2, 0.25) is 0 Å². The van der Waals surface area contributed by atoms with Crippen LogP contribution in [-0.4, -0.2) is 48.8 Å².